The molecule has 0 saturated carbocycles. The Hall–Kier alpha value is -5.10. The first kappa shape index (κ1) is 69.7. The number of ether oxygens (including phenoxy) is 9. The number of fused-ring (bicyclic) bond motifs is 1. The van der Waals surface area contributed by atoms with Crippen LogP contribution in [0.1, 0.15) is 112 Å². The number of aliphatic hydroxyl groups excluding tert-OH is 6. The third kappa shape index (κ3) is 20.3. The number of esters is 3. The van der Waals surface area contributed by atoms with Gasteiger partial charge in [0.2, 0.25) is 23.6 Å². The Balaban J connectivity index is 1.13. The molecule has 5 fully saturated rings. The van der Waals surface area contributed by atoms with Crippen LogP contribution in [0.15, 0.2) is 0 Å². The number of hydrogen-bond acceptors (Lipinski definition) is 25. The highest BCUT2D eigenvalue weighted by molar-refractivity contribution is 8.00. The number of unbranched alkanes of at least 4 members (excludes halogenated alkanes) is 5. The lowest BCUT2D eigenvalue weighted by Crippen LogP contribution is -2.71. The van der Waals surface area contributed by atoms with Crippen molar-refractivity contribution in [2.75, 3.05) is 45.3 Å². The van der Waals surface area contributed by atoms with Crippen LogP contribution in [-0.2, 0) is 81.0 Å². The van der Waals surface area contributed by atoms with E-state index in [0.29, 0.717) is 56.9 Å². The molecule has 84 heavy (non-hydrogen) atoms. The van der Waals surface area contributed by atoms with Gasteiger partial charge in [0.15, 0.2) is 18.7 Å². The number of thioether (sulfide) groups is 1. The highest BCUT2D eigenvalue weighted by atomic mass is 32.2. The lowest BCUT2D eigenvalue weighted by Gasteiger charge is -2.51. The van der Waals surface area contributed by atoms with E-state index in [4.69, 9.17) is 42.6 Å². The molecule has 32 heteroatoms. The van der Waals surface area contributed by atoms with Crippen molar-refractivity contribution in [3.63, 3.8) is 0 Å². The van der Waals surface area contributed by atoms with Crippen molar-refractivity contribution >= 4 is 65.3 Å². The van der Waals surface area contributed by atoms with Crippen molar-refractivity contribution in [1.29, 1.82) is 0 Å². The van der Waals surface area contributed by atoms with Gasteiger partial charge >= 0.3 is 29.9 Å². The molecule has 31 nitrogen and oxygen atoms in total. The van der Waals surface area contributed by atoms with E-state index < -0.39 is 160 Å². The lowest BCUT2D eigenvalue weighted by molar-refractivity contribution is -0.382. The third-order valence-corrected chi connectivity index (χ3v) is 16.1. The number of urea groups is 1. The number of rotatable bonds is 33. The van der Waals surface area contributed by atoms with Crippen LogP contribution in [0.3, 0.4) is 0 Å². The Morgan fingerprint density at radius 2 is 1.35 bits per heavy atom. The number of amides is 6. The molecule has 0 radical (unpaired) electrons. The SMILES string of the molecule is CC(=O)N[C@H]1[C@H](OCCCCCNC(=O)CCCCCNC(=O)CCCC[C@@H]2SC[C@@H]3NC(=O)N[C@@H]32)O[C@H](CO)[C@@H](O[C@@H]2O[C@H](CO)[C@H](O)[C@H](O[C@]3(C(=O)O)C[C@H](OC(C)=O)[C@@H](NC(C)=O)[C@H]([C@H](OC(C)=O)[C@H](O)COC(C)=O)O3)[C@H]2O)[C@@H]1O. The van der Waals surface area contributed by atoms with Gasteiger partial charge in [0, 0.05) is 78.2 Å². The average Bonchev–Trinajstić information content (AvgIpc) is 2.46. The number of nitrogens with one attached hydrogen (secondary N) is 6. The molecule has 5 heterocycles. The fourth-order valence-electron chi connectivity index (χ4n) is 10.6. The first-order valence-electron chi connectivity index (χ1n) is 28.2. The van der Waals surface area contributed by atoms with E-state index in [-0.39, 0.29) is 36.5 Å². The zero-order valence-corrected chi connectivity index (χ0v) is 48.5. The number of carboxylic acid groups (broad SMARTS) is 1. The molecule has 0 unspecified atom stereocenters. The highest BCUT2D eigenvalue weighted by Gasteiger charge is 2.62. The number of carbonyl (C=O) groups is 9. The molecule has 0 aromatic rings. The van der Waals surface area contributed by atoms with Crippen LogP contribution >= 0.6 is 11.8 Å². The summed E-state index contributed by atoms with van der Waals surface area (Å²) in [6.07, 6.45) is -18.8. The summed E-state index contributed by atoms with van der Waals surface area (Å²) < 4.78 is 51.1. The fraction of sp³-hybridized carbons (Fsp3) is 0.827. The van der Waals surface area contributed by atoms with Gasteiger partial charge in [0.25, 0.3) is 5.79 Å². The smallest absolute Gasteiger partial charge is 0.364 e. The van der Waals surface area contributed by atoms with E-state index in [1.165, 1.54) is 0 Å². The summed E-state index contributed by atoms with van der Waals surface area (Å²) in [7, 11) is 0. The first-order chi connectivity index (χ1) is 39.9. The average molecular weight is 1230 g/mol. The van der Waals surface area contributed by atoms with Gasteiger partial charge in [0.05, 0.1) is 37.8 Å². The van der Waals surface area contributed by atoms with Crippen molar-refractivity contribution in [3.05, 3.63) is 0 Å². The minimum atomic E-state index is -3.19. The number of hydrogen-bond donors (Lipinski definition) is 13. The van der Waals surface area contributed by atoms with Crippen LogP contribution in [0.5, 0.6) is 0 Å². The highest BCUT2D eigenvalue weighted by Crippen LogP contribution is 2.40. The first-order valence-corrected chi connectivity index (χ1v) is 29.3. The summed E-state index contributed by atoms with van der Waals surface area (Å²) in [6, 6.07) is -2.83. The Morgan fingerprint density at radius 1 is 0.726 bits per heavy atom. The van der Waals surface area contributed by atoms with Crippen LogP contribution in [0.25, 0.3) is 0 Å². The summed E-state index contributed by atoms with van der Waals surface area (Å²) in [5.74, 6) is -8.94. The van der Waals surface area contributed by atoms with Crippen molar-refractivity contribution in [1.82, 2.24) is 31.9 Å². The molecule has 0 spiro atoms. The van der Waals surface area contributed by atoms with E-state index in [0.717, 1.165) is 72.5 Å². The zero-order valence-electron chi connectivity index (χ0n) is 47.7. The molecule has 0 aromatic heterocycles. The van der Waals surface area contributed by atoms with Crippen LogP contribution < -0.4 is 31.9 Å². The maximum Gasteiger partial charge on any atom is 0.364 e. The molecule has 478 valence electrons. The van der Waals surface area contributed by atoms with Gasteiger partial charge in [-0.05, 0) is 44.9 Å². The largest absolute Gasteiger partial charge is 0.477 e. The standard InChI is InChI=1S/C52H84N6O25S/c1-25(61)55-39-32(77-28(4)64)20-52(50(72)73,82-46(39)44(78-29(5)65)31(66)23-76-27(3)63)83-47-41(69)33(21-59)79-49(43(47)71)81-45-34(22-60)80-48(40(42(45)70)56-26(2)62)75-19-13-7-12-18-54-36(67)15-8-6-11-17-53-37(68)16-10-9-14-35-38-30(24-84-35)57-51(74)58-38/h30-35,38-49,59-60,66,69-71H,6-24H2,1-5H3,(H,53,68)(H,54,67)(H,55,61)(H,56,62)(H,72,73)(H2,57,58,74)/t30-,31+,32-,33+,34+,35-,38-,39+,40+,41-,42+,43+,44+,45+,46+,47-,48+,49-,52-/m0/s1. The maximum atomic E-state index is 13.5. The molecule has 0 aromatic carbocycles. The minimum absolute atomic E-state index is 0.00681. The Kier molecular flexibility index (Phi) is 28.0. The molecule has 6 amide bonds. The summed E-state index contributed by atoms with van der Waals surface area (Å²) in [4.78, 5) is 112. The Morgan fingerprint density at radius 3 is 1.94 bits per heavy atom. The van der Waals surface area contributed by atoms with Crippen LogP contribution in [0, 0.1) is 0 Å². The molecule has 0 aliphatic carbocycles. The second-order valence-electron chi connectivity index (χ2n) is 21.3. The molecule has 5 aliphatic heterocycles. The van der Waals surface area contributed by atoms with Crippen molar-refractivity contribution in [3.8, 4) is 0 Å². The van der Waals surface area contributed by atoms with Crippen LogP contribution in [0.4, 0.5) is 4.79 Å². The van der Waals surface area contributed by atoms with E-state index >= 15 is 0 Å². The number of aliphatic hydroxyl groups is 6. The molecule has 19 atom stereocenters. The monoisotopic (exact) mass is 1220 g/mol. The van der Waals surface area contributed by atoms with Gasteiger partial charge in [-0.2, -0.15) is 11.8 Å². The number of carboxylic acids is 1. The summed E-state index contributed by atoms with van der Waals surface area (Å²) in [5.41, 5.74) is 0. The Bertz CT molecular complexity index is 2220. The molecule has 0 bridgehead atoms. The zero-order chi connectivity index (χ0) is 61.8. The number of aliphatic carboxylic acids is 1. The predicted molar refractivity (Wildman–Crippen MR) is 286 cm³/mol. The minimum Gasteiger partial charge on any atom is -0.477 e. The molecular formula is C52H84N6O25S. The number of carbonyl (C=O) groups excluding carboxylic acids is 8. The maximum absolute atomic E-state index is 13.5. The second kappa shape index (κ2) is 33.7. The fourth-order valence-corrected chi connectivity index (χ4v) is 12.2. The molecular weight excluding hydrogens is 1140 g/mol. The predicted octanol–water partition coefficient (Wildman–Crippen LogP) is -3.65. The molecule has 5 rings (SSSR count). The van der Waals surface area contributed by atoms with Gasteiger partial charge in [-0.1, -0.05) is 12.8 Å². The van der Waals surface area contributed by atoms with Crippen molar-refractivity contribution in [2.45, 2.75) is 227 Å². The van der Waals surface area contributed by atoms with Crippen LogP contribution in [0.2, 0.25) is 0 Å². The van der Waals surface area contributed by atoms with Crippen molar-refractivity contribution in [2.24, 2.45) is 0 Å². The van der Waals surface area contributed by atoms with Gasteiger partial charge in [-0.3, -0.25) is 33.6 Å². The normalized spacial score (nSPS) is 32.5. The van der Waals surface area contributed by atoms with E-state index in [9.17, 15) is 78.9 Å². The summed E-state index contributed by atoms with van der Waals surface area (Å²) in [5, 5.41) is 95.1. The Labute approximate surface area is 489 Å². The van der Waals surface area contributed by atoms with Crippen LogP contribution in [-0.4, -0.2) is 249 Å². The topological polar surface area (TPSA) is 450 Å². The van der Waals surface area contributed by atoms with E-state index in [2.05, 4.69) is 31.9 Å². The molecule has 13 N–H and O–H groups in total. The van der Waals surface area contributed by atoms with Gasteiger partial charge in [-0.15, -0.1) is 0 Å². The molecule has 5 saturated heterocycles. The van der Waals surface area contributed by atoms with Gasteiger partial charge < -0.3 is 110 Å². The lowest BCUT2D eigenvalue weighted by atomic mass is 9.87. The van der Waals surface area contributed by atoms with E-state index in [1.54, 1.807) is 0 Å². The molecule has 5 aliphatic rings. The summed E-state index contributed by atoms with van der Waals surface area (Å²) in [6.45, 7) is 3.11. The van der Waals surface area contributed by atoms with Gasteiger partial charge in [0.1, 0.15) is 73.7 Å². The second-order valence-corrected chi connectivity index (χ2v) is 22.6. The van der Waals surface area contributed by atoms with E-state index in [1.807, 2.05) is 11.8 Å². The van der Waals surface area contributed by atoms with Gasteiger partial charge in [-0.25, -0.2) is 9.59 Å². The van der Waals surface area contributed by atoms with Crippen molar-refractivity contribution < 1.29 is 122 Å². The summed E-state index contributed by atoms with van der Waals surface area (Å²) >= 11 is 1.85. The quantitative estimate of drug-likeness (QED) is 0.0130. The third-order valence-electron chi connectivity index (χ3n) is 14.6.